The van der Waals surface area contributed by atoms with Gasteiger partial charge in [-0.1, -0.05) is 48.5 Å². The summed E-state index contributed by atoms with van der Waals surface area (Å²) in [5, 5.41) is 5.38. The molecule has 8 nitrogen and oxygen atoms in total. The molecule has 1 aliphatic rings. The molecule has 0 saturated carbocycles. The van der Waals surface area contributed by atoms with Gasteiger partial charge in [-0.15, -0.1) is 0 Å². The van der Waals surface area contributed by atoms with Crippen LogP contribution in [0.5, 0.6) is 5.75 Å². The molecule has 0 atom stereocenters. The van der Waals surface area contributed by atoms with Crippen molar-refractivity contribution in [3.05, 3.63) is 108 Å². The molecular formula is C36H38N6O2. The summed E-state index contributed by atoms with van der Waals surface area (Å²) in [5.74, 6) is 1.25. The molecule has 1 aliphatic heterocycles. The maximum absolute atomic E-state index is 13.9. The summed E-state index contributed by atoms with van der Waals surface area (Å²) in [7, 11) is 0. The Morgan fingerprint density at radius 3 is 2.25 bits per heavy atom. The number of aromatic nitrogens is 2. The lowest BCUT2D eigenvalue weighted by Crippen LogP contribution is -2.48. The average molecular weight is 587 g/mol. The molecule has 8 heteroatoms. The van der Waals surface area contributed by atoms with Gasteiger partial charge < -0.3 is 15.0 Å². The van der Waals surface area contributed by atoms with Gasteiger partial charge in [-0.05, 0) is 86.0 Å². The molecule has 0 radical (unpaired) electrons. The van der Waals surface area contributed by atoms with E-state index in [0.29, 0.717) is 23.6 Å². The number of amides is 1. The zero-order valence-electron chi connectivity index (χ0n) is 25.7. The van der Waals surface area contributed by atoms with E-state index in [4.69, 9.17) is 9.72 Å². The van der Waals surface area contributed by atoms with Gasteiger partial charge in [0.05, 0.1) is 5.69 Å². The van der Waals surface area contributed by atoms with Gasteiger partial charge in [0.1, 0.15) is 11.6 Å². The van der Waals surface area contributed by atoms with Gasteiger partial charge in [-0.25, -0.2) is 14.7 Å². The van der Waals surface area contributed by atoms with E-state index in [1.807, 2.05) is 86.6 Å². The Labute approximate surface area is 258 Å². The number of para-hydroxylation sites is 1. The van der Waals surface area contributed by atoms with E-state index >= 15 is 0 Å². The van der Waals surface area contributed by atoms with Crippen LogP contribution in [0.3, 0.4) is 0 Å². The monoisotopic (exact) mass is 586 g/mol. The van der Waals surface area contributed by atoms with Gasteiger partial charge in [-0.2, -0.15) is 4.98 Å². The molecule has 1 fully saturated rings. The summed E-state index contributed by atoms with van der Waals surface area (Å²) in [6.07, 6.45) is 1.10. The van der Waals surface area contributed by atoms with Crippen LogP contribution < -0.4 is 19.9 Å². The van der Waals surface area contributed by atoms with Crippen LogP contribution >= 0.6 is 0 Å². The molecule has 6 rings (SSSR count). The molecule has 0 spiro atoms. The van der Waals surface area contributed by atoms with Crippen molar-refractivity contribution in [1.29, 1.82) is 0 Å². The van der Waals surface area contributed by atoms with E-state index < -0.39 is 6.09 Å². The summed E-state index contributed by atoms with van der Waals surface area (Å²) in [4.78, 5) is 29.6. The normalized spacial score (nSPS) is 13.7. The number of nitrogens with one attached hydrogen (secondary N) is 1. The minimum atomic E-state index is -0.552. The fourth-order valence-corrected chi connectivity index (χ4v) is 5.75. The first-order valence-electron chi connectivity index (χ1n) is 15.1. The predicted molar refractivity (Wildman–Crippen MR) is 179 cm³/mol. The molecule has 1 aromatic heterocycles. The van der Waals surface area contributed by atoms with Gasteiger partial charge >= 0.3 is 6.09 Å². The van der Waals surface area contributed by atoms with Gasteiger partial charge in [0, 0.05) is 55.9 Å². The highest BCUT2D eigenvalue weighted by atomic mass is 16.6. The molecule has 5 aromatic rings. The van der Waals surface area contributed by atoms with Crippen LogP contribution in [0, 0.1) is 13.8 Å². The van der Waals surface area contributed by atoms with Crippen molar-refractivity contribution in [2.45, 2.75) is 33.7 Å². The number of nitrogens with zero attached hydrogens (tertiary/aromatic N) is 5. The highest BCUT2D eigenvalue weighted by Gasteiger charge is 2.26. The highest BCUT2D eigenvalue weighted by molar-refractivity contribution is 5.98. The van der Waals surface area contributed by atoms with Crippen LogP contribution in [0.4, 0.5) is 33.6 Å². The van der Waals surface area contributed by atoms with Crippen molar-refractivity contribution < 1.29 is 9.53 Å². The Morgan fingerprint density at radius 2 is 1.55 bits per heavy atom. The number of hydrogen-bond acceptors (Lipinski definition) is 7. The lowest BCUT2D eigenvalue weighted by atomic mass is 10.1. The van der Waals surface area contributed by atoms with Crippen LogP contribution in [0.1, 0.15) is 25.0 Å². The van der Waals surface area contributed by atoms with E-state index in [1.165, 1.54) is 10.6 Å². The molecular weight excluding hydrogens is 548 g/mol. The molecule has 0 aliphatic carbocycles. The molecule has 1 amide bonds. The second kappa shape index (κ2) is 12.7. The van der Waals surface area contributed by atoms with Crippen LogP contribution in [0.25, 0.3) is 10.8 Å². The number of piperazine rings is 1. The number of aryl methyl sites for hydroxylation is 2. The Morgan fingerprint density at radius 1 is 0.841 bits per heavy atom. The highest BCUT2D eigenvalue weighted by Crippen LogP contribution is 2.33. The third kappa shape index (κ3) is 6.35. The molecule has 1 N–H and O–H groups in total. The number of carbonyl (C=O) groups excluding carboxylic acids is 1. The number of benzene rings is 4. The first-order chi connectivity index (χ1) is 21.4. The summed E-state index contributed by atoms with van der Waals surface area (Å²) < 4.78 is 5.95. The third-order valence-corrected chi connectivity index (χ3v) is 8.17. The van der Waals surface area contributed by atoms with Crippen molar-refractivity contribution >= 4 is 45.7 Å². The number of anilines is 5. The van der Waals surface area contributed by atoms with Gasteiger partial charge in [0.2, 0.25) is 5.95 Å². The smallest absolute Gasteiger partial charge is 0.410 e. The molecule has 224 valence electrons. The first-order valence-corrected chi connectivity index (χ1v) is 15.1. The van der Waals surface area contributed by atoms with Crippen molar-refractivity contribution in [2.24, 2.45) is 0 Å². The molecule has 4 aromatic carbocycles. The van der Waals surface area contributed by atoms with Crippen molar-refractivity contribution in [3.8, 4) is 5.75 Å². The lowest BCUT2D eigenvalue weighted by molar-refractivity contribution is 0.209. The SMILES string of the molecule is Cc1cccc(C)c1N(C(=O)Oc1ccc2ccccc2c1)c1ccnc(Nc2ccc(N3CCN(C(C)C)CC3)cc2)n1. The van der Waals surface area contributed by atoms with Crippen molar-refractivity contribution in [1.82, 2.24) is 14.9 Å². The van der Waals surface area contributed by atoms with E-state index in [0.717, 1.165) is 59.5 Å². The topological polar surface area (TPSA) is 73.8 Å². The summed E-state index contributed by atoms with van der Waals surface area (Å²) in [6, 6.07) is 30.2. The molecule has 1 saturated heterocycles. The number of carbonyl (C=O) groups is 1. The Hall–Kier alpha value is -4.95. The summed E-state index contributed by atoms with van der Waals surface area (Å²) >= 11 is 0. The maximum Gasteiger partial charge on any atom is 0.425 e. The van der Waals surface area contributed by atoms with E-state index in [-0.39, 0.29) is 0 Å². The maximum atomic E-state index is 13.9. The van der Waals surface area contributed by atoms with Crippen molar-refractivity contribution in [2.75, 3.05) is 41.3 Å². The lowest BCUT2D eigenvalue weighted by Gasteiger charge is -2.38. The zero-order valence-corrected chi connectivity index (χ0v) is 25.7. The number of ether oxygens (including phenoxy) is 1. The van der Waals surface area contributed by atoms with Crippen molar-refractivity contribution in [3.63, 3.8) is 0 Å². The number of fused-ring (bicyclic) bond motifs is 1. The predicted octanol–water partition coefficient (Wildman–Crippen LogP) is 7.86. The summed E-state index contributed by atoms with van der Waals surface area (Å²) in [6.45, 7) is 12.6. The second-order valence-corrected chi connectivity index (χ2v) is 11.5. The molecule has 0 unspecified atom stereocenters. The fraction of sp³-hybridized carbons (Fsp3) is 0.250. The van der Waals surface area contributed by atoms with Crippen LogP contribution in [0.2, 0.25) is 0 Å². The van der Waals surface area contributed by atoms with Crippen LogP contribution in [-0.4, -0.2) is 53.2 Å². The van der Waals surface area contributed by atoms with Crippen LogP contribution in [0.15, 0.2) is 97.2 Å². The number of rotatable bonds is 7. The second-order valence-electron chi connectivity index (χ2n) is 11.5. The third-order valence-electron chi connectivity index (χ3n) is 8.17. The van der Waals surface area contributed by atoms with Gasteiger partial charge in [0.15, 0.2) is 0 Å². The Kier molecular flexibility index (Phi) is 8.43. The molecule has 2 heterocycles. The van der Waals surface area contributed by atoms with E-state index in [1.54, 1.807) is 12.3 Å². The standard InChI is InChI=1S/C36H38N6O2/c1-25(2)40-20-22-41(23-21-40)31-15-13-30(14-16-31)38-35-37-19-18-33(39-35)42(34-26(3)8-7-9-27(34)4)36(43)44-32-17-12-28-10-5-6-11-29(28)24-32/h5-19,24-25H,20-23H2,1-4H3,(H,37,38,39). The molecule has 44 heavy (non-hydrogen) atoms. The Bertz CT molecular complexity index is 1740. The van der Waals surface area contributed by atoms with Gasteiger partial charge in [-0.3, -0.25) is 4.90 Å². The van der Waals surface area contributed by atoms with E-state index in [2.05, 4.69) is 46.1 Å². The number of hydrogen-bond donors (Lipinski definition) is 1. The quantitative estimate of drug-likeness (QED) is 0.208. The minimum Gasteiger partial charge on any atom is -0.410 e. The fourth-order valence-electron chi connectivity index (χ4n) is 5.75. The van der Waals surface area contributed by atoms with Crippen LogP contribution in [-0.2, 0) is 0 Å². The minimum absolute atomic E-state index is 0.385. The van der Waals surface area contributed by atoms with E-state index in [9.17, 15) is 4.79 Å². The average Bonchev–Trinajstić information content (AvgIpc) is 3.03. The van der Waals surface area contributed by atoms with Gasteiger partial charge in [0.25, 0.3) is 0 Å². The molecule has 0 bridgehead atoms. The first kappa shape index (κ1) is 29.1. The summed E-state index contributed by atoms with van der Waals surface area (Å²) in [5.41, 5.74) is 4.65. The largest absolute Gasteiger partial charge is 0.425 e. The zero-order chi connectivity index (χ0) is 30.6. The Balaban J connectivity index is 1.24.